The lowest BCUT2D eigenvalue weighted by molar-refractivity contribution is 0.0709. The number of carbonyl (C=O) groups excluding carboxylic acids is 2. The van der Waals surface area contributed by atoms with Crippen LogP contribution in [0.2, 0.25) is 0 Å². The fourth-order valence-electron chi connectivity index (χ4n) is 11.0. The average molecular weight is 881 g/mol. The van der Waals surface area contributed by atoms with E-state index >= 15 is 9.18 Å². The molecule has 12 rings (SSSR count). The molecule has 8 heterocycles. The number of aromatic nitrogens is 7. The van der Waals surface area contributed by atoms with Crippen molar-refractivity contribution in [1.29, 1.82) is 0 Å². The third kappa shape index (κ3) is 6.30. The van der Waals surface area contributed by atoms with Crippen LogP contribution >= 0.6 is 0 Å². The second kappa shape index (κ2) is 15.0. The Labute approximate surface area is 372 Å². The van der Waals surface area contributed by atoms with Crippen molar-refractivity contribution >= 4 is 33.8 Å². The molecule has 4 aliphatic heterocycles. The van der Waals surface area contributed by atoms with Crippen molar-refractivity contribution in [3.05, 3.63) is 123 Å². The number of amides is 2. The van der Waals surface area contributed by atoms with Gasteiger partial charge in [0.2, 0.25) is 0 Å². The van der Waals surface area contributed by atoms with Gasteiger partial charge in [-0.05, 0) is 117 Å². The van der Waals surface area contributed by atoms with Gasteiger partial charge in [-0.15, -0.1) is 5.48 Å². The van der Waals surface area contributed by atoms with Gasteiger partial charge in [-0.25, -0.2) is 18.7 Å². The number of halogens is 1. The van der Waals surface area contributed by atoms with E-state index in [0.29, 0.717) is 85.7 Å². The molecule has 0 radical (unpaired) electrons. The van der Waals surface area contributed by atoms with Crippen LogP contribution in [0.15, 0.2) is 78.0 Å². The van der Waals surface area contributed by atoms with E-state index < -0.39 is 17.8 Å². The maximum Gasteiger partial charge on any atom is 0.427 e. The first kappa shape index (κ1) is 40.0. The number of nitrogens with one attached hydrogen (secondary N) is 2. The predicted molar refractivity (Wildman–Crippen MR) is 237 cm³/mol. The molecule has 2 amide bonds. The summed E-state index contributed by atoms with van der Waals surface area (Å²) in [6.45, 7) is 8.84. The zero-order valence-electron chi connectivity index (χ0n) is 36.4. The Bertz CT molecular complexity index is 3130. The molecule has 7 aromatic rings. The van der Waals surface area contributed by atoms with Gasteiger partial charge in [0.15, 0.2) is 0 Å². The maximum absolute atomic E-state index is 15.3. The molecule has 1 aliphatic carbocycles. The third-order valence-corrected chi connectivity index (χ3v) is 14.6. The number of benzene rings is 3. The monoisotopic (exact) mass is 880 g/mol. The van der Waals surface area contributed by atoms with Gasteiger partial charge in [0.25, 0.3) is 5.91 Å². The van der Waals surface area contributed by atoms with E-state index in [9.17, 15) is 9.59 Å². The molecule has 4 fully saturated rings. The maximum atomic E-state index is 15.3. The lowest BCUT2D eigenvalue weighted by Crippen LogP contribution is -2.49. The van der Waals surface area contributed by atoms with Gasteiger partial charge in [-0.1, -0.05) is 13.0 Å². The summed E-state index contributed by atoms with van der Waals surface area (Å²) < 4.78 is 35.4. The van der Waals surface area contributed by atoms with Crippen molar-refractivity contribution in [3.63, 3.8) is 0 Å². The van der Waals surface area contributed by atoms with Crippen LogP contribution in [-0.2, 0) is 32.8 Å². The van der Waals surface area contributed by atoms with Gasteiger partial charge >= 0.3 is 11.8 Å². The highest BCUT2D eigenvalue weighted by Gasteiger charge is 2.62. The highest BCUT2D eigenvalue weighted by atomic mass is 19.1. The quantitative estimate of drug-likeness (QED) is 0.181. The SMILES string of the molecule is Cc1cc(-n2nc3c(c2-n2ccn(-c4ccc5c(cnn5C5CCOC5)c4)c2=O)CN(C(=O)c2cc4cc(C5CCOCC5)ccc4n2[C@@]2(C4NOC(=O)N4)C[C@@H]2C)CC3)cc(C)c1F. The molecule has 17 heteroatoms. The van der Waals surface area contributed by atoms with Crippen molar-refractivity contribution < 1.29 is 28.3 Å². The Hall–Kier alpha value is -6.56. The molecule has 334 valence electrons. The molecule has 1 saturated carbocycles. The number of hydrogen-bond donors (Lipinski definition) is 2. The Balaban J connectivity index is 0.955. The highest BCUT2D eigenvalue weighted by molar-refractivity contribution is 5.99. The summed E-state index contributed by atoms with van der Waals surface area (Å²) >= 11 is 0. The molecule has 65 heavy (non-hydrogen) atoms. The van der Waals surface area contributed by atoms with E-state index in [0.717, 1.165) is 52.3 Å². The minimum atomic E-state index is -0.669. The van der Waals surface area contributed by atoms with Crippen LogP contribution < -0.4 is 16.5 Å². The number of carbonyl (C=O) groups is 2. The smallest absolute Gasteiger partial charge is 0.381 e. The fraction of sp³-hybridized carbons (Fsp3) is 0.396. The van der Waals surface area contributed by atoms with E-state index in [1.165, 1.54) is 5.56 Å². The van der Waals surface area contributed by atoms with Crippen LogP contribution in [0.25, 0.3) is 39.0 Å². The number of rotatable bonds is 8. The topological polar surface area (TPSA) is 157 Å². The second-order valence-electron chi connectivity index (χ2n) is 18.5. The fourth-order valence-corrected chi connectivity index (χ4v) is 11.0. The van der Waals surface area contributed by atoms with Gasteiger partial charge in [0.1, 0.15) is 23.5 Å². The molecule has 4 atom stereocenters. The zero-order valence-corrected chi connectivity index (χ0v) is 36.4. The molecular weight excluding hydrogens is 832 g/mol. The Kier molecular flexibility index (Phi) is 9.23. The number of fused-ring (bicyclic) bond motifs is 3. The lowest BCUT2D eigenvalue weighted by atomic mass is 9.91. The van der Waals surface area contributed by atoms with E-state index in [4.69, 9.17) is 19.4 Å². The summed E-state index contributed by atoms with van der Waals surface area (Å²) in [5.41, 5.74) is 9.13. The standard InChI is InChI=1S/C48H49FN10O6/c1-27-18-36(19-28(2)42(27)49)59-43(56-14-13-55(47(56)62)34-5-7-40-33(21-34)24-50-58(40)35-11-17-64-26-35)37-25-54(12-8-38(37)52-59)44(60)41-22-32-20-31(30-9-15-63-16-10-30)4-6-39(32)57(41)48(23-29(48)3)45-51-46(61)65-53-45/h4-7,13-14,18-22,24,29-30,35,45,53H,8-12,15-17,23,25-26H2,1-3H3,(H,51,61)/t29-,35?,45?,48-/m0/s1. The summed E-state index contributed by atoms with van der Waals surface area (Å²) in [6.07, 6.45) is 8.05. The third-order valence-electron chi connectivity index (χ3n) is 14.6. The van der Waals surface area contributed by atoms with E-state index in [1.54, 1.807) is 52.2 Å². The molecule has 4 aromatic heterocycles. The summed E-state index contributed by atoms with van der Waals surface area (Å²) in [5.74, 6) is 0.456. The molecule has 2 N–H and O–H groups in total. The first-order valence-corrected chi connectivity index (χ1v) is 22.6. The number of hydroxylamine groups is 1. The van der Waals surface area contributed by atoms with Crippen molar-refractivity contribution in [2.45, 2.75) is 83.1 Å². The van der Waals surface area contributed by atoms with Crippen molar-refractivity contribution in [1.82, 2.24) is 49.0 Å². The second-order valence-corrected chi connectivity index (χ2v) is 18.5. The Morgan fingerprint density at radius 3 is 2.40 bits per heavy atom. The van der Waals surface area contributed by atoms with Gasteiger partial charge in [0, 0.05) is 67.0 Å². The number of ether oxygens (including phenoxy) is 2. The molecule has 3 aromatic carbocycles. The van der Waals surface area contributed by atoms with E-state index in [-0.39, 0.29) is 35.9 Å². The van der Waals surface area contributed by atoms with E-state index in [2.05, 4.69) is 45.6 Å². The largest absolute Gasteiger partial charge is 0.427 e. The van der Waals surface area contributed by atoms with Gasteiger partial charge < -0.3 is 23.8 Å². The minimum Gasteiger partial charge on any atom is -0.381 e. The molecular formula is C48H49FN10O6. The Morgan fingerprint density at radius 2 is 1.66 bits per heavy atom. The summed E-state index contributed by atoms with van der Waals surface area (Å²) in [7, 11) is 0. The summed E-state index contributed by atoms with van der Waals surface area (Å²) in [5, 5.41) is 14.6. The number of nitrogens with zero attached hydrogens (tertiary/aromatic N) is 8. The van der Waals surface area contributed by atoms with Crippen LogP contribution in [-0.4, -0.2) is 89.3 Å². The number of aryl methyl sites for hydroxylation is 2. The normalized spacial score (nSPS) is 23.4. The van der Waals surface area contributed by atoms with Crippen LogP contribution in [0.1, 0.15) is 83.0 Å². The molecule has 3 saturated heterocycles. The van der Waals surface area contributed by atoms with Crippen molar-refractivity contribution in [2.24, 2.45) is 5.92 Å². The zero-order chi connectivity index (χ0) is 44.3. The molecule has 2 unspecified atom stereocenters. The highest BCUT2D eigenvalue weighted by Crippen LogP contribution is 2.55. The average Bonchev–Trinajstić information content (AvgIpc) is 4.09. The van der Waals surface area contributed by atoms with Crippen LogP contribution in [0.5, 0.6) is 0 Å². The first-order chi connectivity index (χ1) is 31.6. The van der Waals surface area contributed by atoms with Crippen LogP contribution in [0.4, 0.5) is 9.18 Å². The lowest BCUT2D eigenvalue weighted by Gasteiger charge is -2.31. The molecule has 5 aliphatic rings. The van der Waals surface area contributed by atoms with Gasteiger partial charge in [-0.2, -0.15) is 10.2 Å². The van der Waals surface area contributed by atoms with Crippen LogP contribution in [0, 0.1) is 25.6 Å². The van der Waals surface area contributed by atoms with E-state index in [1.807, 2.05) is 40.0 Å². The van der Waals surface area contributed by atoms with Gasteiger partial charge in [0.05, 0.1) is 53.5 Å². The van der Waals surface area contributed by atoms with Crippen LogP contribution in [0.3, 0.4) is 0 Å². The number of imidazole rings is 1. The predicted octanol–water partition coefficient (Wildman–Crippen LogP) is 6.23. The minimum absolute atomic E-state index is 0.106. The van der Waals surface area contributed by atoms with Gasteiger partial charge in [-0.3, -0.25) is 23.9 Å². The van der Waals surface area contributed by atoms with Crippen molar-refractivity contribution in [3.8, 4) is 17.2 Å². The first-order valence-electron chi connectivity index (χ1n) is 22.6. The molecule has 16 nitrogen and oxygen atoms in total. The molecule has 0 spiro atoms. The summed E-state index contributed by atoms with van der Waals surface area (Å²) in [4.78, 5) is 49.6. The summed E-state index contributed by atoms with van der Waals surface area (Å²) in [6, 6.07) is 17.9. The molecule has 0 bridgehead atoms. The Morgan fingerprint density at radius 1 is 0.892 bits per heavy atom. The number of hydrogen-bond acceptors (Lipinski definition) is 9. The van der Waals surface area contributed by atoms with Crippen molar-refractivity contribution in [2.75, 3.05) is 33.0 Å².